The number of nitrogens with one attached hydrogen (secondary N) is 1. The summed E-state index contributed by atoms with van der Waals surface area (Å²) in [5.41, 5.74) is 0. The highest BCUT2D eigenvalue weighted by atomic mass is 35.5. The Labute approximate surface area is 86.0 Å². The Morgan fingerprint density at radius 3 is 2.92 bits per heavy atom. The number of methoxy groups -OCH3 is 1. The van der Waals surface area contributed by atoms with E-state index in [-0.39, 0.29) is 0 Å². The minimum atomic E-state index is 0.443. The molecule has 1 fully saturated rings. The Morgan fingerprint density at radius 2 is 2.31 bits per heavy atom. The van der Waals surface area contributed by atoms with Crippen molar-refractivity contribution >= 4 is 11.6 Å². The molecule has 0 aliphatic heterocycles. The van der Waals surface area contributed by atoms with Gasteiger partial charge in [-0.15, -0.1) is 11.6 Å². The topological polar surface area (TPSA) is 21.3 Å². The van der Waals surface area contributed by atoms with Gasteiger partial charge in [0, 0.05) is 25.1 Å². The van der Waals surface area contributed by atoms with E-state index in [2.05, 4.69) is 12.2 Å². The molecule has 78 valence electrons. The summed E-state index contributed by atoms with van der Waals surface area (Å²) in [6, 6.07) is 1.06. The zero-order valence-electron chi connectivity index (χ0n) is 8.55. The fourth-order valence-electron chi connectivity index (χ4n) is 2.10. The maximum atomic E-state index is 5.89. The second-order valence-electron chi connectivity index (χ2n) is 3.97. The molecule has 13 heavy (non-hydrogen) atoms. The molecule has 1 N–H and O–H groups in total. The Kier molecular flexibility index (Phi) is 5.07. The van der Waals surface area contributed by atoms with Gasteiger partial charge in [0.2, 0.25) is 0 Å². The van der Waals surface area contributed by atoms with Crippen LogP contribution in [0.5, 0.6) is 0 Å². The van der Waals surface area contributed by atoms with Gasteiger partial charge in [0.1, 0.15) is 0 Å². The number of ether oxygens (including phenoxy) is 1. The van der Waals surface area contributed by atoms with Crippen LogP contribution in [0.1, 0.15) is 26.2 Å². The summed E-state index contributed by atoms with van der Waals surface area (Å²) < 4.78 is 5.09. The van der Waals surface area contributed by atoms with Gasteiger partial charge in [-0.05, 0) is 25.7 Å². The third kappa shape index (κ3) is 3.45. The van der Waals surface area contributed by atoms with Crippen molar-refractivity contribution in [2.45, 2.75) is 38.3 Å². The zero-order chi connectivity index (χ0) is 9.68. The van der Waals surface area contributed by atoms with Crippen LogP contribution < -0.4 is 5.32 Å². The summed E-state index contributed by atoms with van der Waals surface area (Å²) in [6.07, 6.45) is 3.86. The molecule has 0 spiro atoms. The minimum Gasteiger partial charge on any atom is -0.383 e. The van der Waals surface area contributed by atoms with Gasteiger partial charge in [-0.1, -0.05) is 6.42 Å². The molecule has 0 heterocycles. The summed E-state index contributed by atoms with van der Waals surface area (Å²) in [5.74, 6) is 1.46. The van der Waals surface area contributed by atoms with Crippen LogP contribution >= 0.6 is 11.6 Å². The molecular formula is C10H20ClNO. The molecule has 3 unspecified atom stereocenters. The van der Waals surface area contributed by atoms with Gasteiger partial charge in [-0.3, -0.25) is 0 Å². The van der Waals surface area contributed by atoms with Crippen molar-refractivity contribution in [1.29, 1.82) is 0 Å². The van der Waals surface area contributed by atoms with Crippen molar-refractivity contribution in [3.63, 3.8) is 0 Å². The SMILES string of the molecule is COCC(C)NC1CCCC1CCl. The fraction of sp³-hybridized carbons (Fsp3) is 1.00. The average Bonchev–Trinajstić information content (AvgIpc) is 2.52. The Hall–Kier alpha value is 0.210. The largest absolute Gasteiger partial charge is 0.383 e. The molecule has 1 aliphatic rings. The van der Waals surface area contributed by atoms with Gasteiger partial charge in [-0.2, -0.15) is 0 Å². The van der Waals surface area contributed by atoms with Crippen molar-refractivity contribution in [2.24, 2.45) is 5.92 Å². The van der Waals surface area contributed by atoms with Gasteiger partial charge in [0.05, 0.1) is 6.61 Å². The second-order valence-corrected chi connectivity index (χ2v) is 4.28. The first-order valence-electron chi connectivity index (χ1n) is 5.09. The lowest BCUT2D eigenvalue weighted by molar-refractivity contribution is 0.163. The molecule has 0 amide bonds. The maximum Gasteiger partial charge on any atom is 0.0613 e. The quantitative estimate of drug-likeness (QED) is 0.694. The van der Waals surface area contributed by atoms with Crippen LogP contribution in [0.2, 0.25) is 0 Å². The maximum absolute atomic E-state index is 5.89. The molecule has 0 aromatic carbocycles. The van der Waals surface area contributed by atoms with Crippen LogP contribution in [0.25, 0.3) is 0 Å². The molecule has 1 aliphatic carbocycles. The average molecular weight is 206 g/mol. The van der Waals surface area contributed by atoms with Crippen molar-refractivity contribution in [3.05, 3.63) is 0 Å². The first kappa shape index (κ1) is 11.3. The highest BCUT2D eigenvalue weighted by Gasteiger charge is 2.26. The minimum absolute atomic E-state index is 0.443. The first-order valence-corrected chi connectivity index (χ1v) is 5.62. The third-order valence-electron chi connectivity index (χ3n) is 2.77. The first-order chi connectivity index (χ1) is 6.27. The lowest BCUT2D eigenvalue weighted by atomic mass is 10.1. The lowest BCUT2D eigenvalue weighted by Gasteiger charge is -2.23. The van der Waals surface area contributed by atoms with Gasteiger partial charge in [0.25, 0.3) is 0 Å². The van der Waals surface area contributed by atoms with Crippen molar-refractivity contribution < 1.29 is 4.74 Å². The van der Waals surface area contributed by atoms with Crippen LogP contribution in [-0.4, -0.2) is 31.7 Å². The molecule has 0 aromatic rings. The van der Waals surface area contributed by atoms with E-state index < -0.39 is 0 Å². The third-order valence-corrected chi connectivity index (χ3v) is 3.17. The van der Waals surface area contributed by atoms with Crippen LogP contribution in [0.3, 0.4) is 0 Å². The summed E-state index contributed by atoms with van der Waals surface area (Å²) >= 11 is 5.89. The number of rotatable bonds is 5. The van der Waals surface area contributed by atoms with Crippen molar-refractivity contribution in [3.8, 4) is 0 Å². The van der Waals surface area contributed by atoms with Crippen LogP contribution in [0.15, 0.2) is 0 Å². The predicted octanol–water partition coefficient (Wildman–Crippen LogP) is 2.02. The molecule has 0 saturated heterocycles. The monoisotopic (exact) mass is 205 g/mol. The number of hydrogen-bond donors (Lipinski definition) is 1. The molecule has 0 radical (unpaired) electrons. The van der Waals surface area contributed by atoms with E-state index in [0.717, 1.165) is 12.5 Å². The van der Waals surface area contributed by atoms with Crippen molar-refractivity contribution in [2.75, 3.05) is 19.6 Å². The predicted molar refractivity (Wildman–Crippen MR) is 56.3 cm³/mol. The summed E-state index contributed by atoms with van der Waals surface area (Å²) in [4.78, 5) is 0. The Balaban J connectivity index is 2.26. The highest BCUT2D eigenvalue weighted by molar-refractivity contribution is 6.18. The van der Waals surface area contributed by atoms with E-state index in [0.29, 0.717) is 18.0 Å². The fourth-order valence-corrected chi connectivity index (χ4v) is 2.47. The summed E-state index contributed by atoms with van der Waals surface area (Å²) in [7, 11) is 1.74. The lowest BCUT2D eigenvalue weighted by Crippen LogP contribution is -2.41. The van der Waals surface area contributed by atoms with Crippen LogP contribution in [0, 0.1) is 5.92 Å². The molecule has 2 nitrogen and oxygen atoms in total. The summed E-state index contributed by atoms with van der Waals surface area (Å²) in [5, 5.41) is 3.57. The molecule has 3 heteroatoms. The van der Waals surface area contributed by atoms with Gasteiger partial charge in [0.15, 0.2) is 0 Å². The van der Waals surface area contributed by atoms with E-state index in [9.17, 15) is 0 Å². The summed E-state index contributed by atoms with van der Waals surface area (Å²) in [6.45, 7) is 2.94. The van der Waals surface area contributed by atoms with E-state index in [1.165, 1.54) is 19.3 Å². The normalized spacial score (nSPS) is 30.7. The van der Waals surface area contributed by atoms with Crippen LogP contribution in [-0.2, 0) is 4.74 Å². The molecule has 1 rings (SSSR count). The number of halogens is 1. The molecule has 0 aromatic heterocycles. The standard InChI is InChI=1S/C10H20ClNO/c1-8(7-13-2)12-10-5-3-4-9(10)6-11/h8-10,12H,3-7H2,1-2H3. The Morgan fingerprint density at radius 1 is 1.54 bits per heavy atom. The molecule has 0 bridgehead atoms. The molecule has 1 saturated carbocycles. The zero-order valence-corrected chi connectivity index (χ0v) is 9.31. The van der Waals surface area contributed by atoms with Gasteiger partial charge in [-0.25, -0.2) is 0 Å². The van der Waals surface area contributed by atoms with Gasteiger partial charge < -0.3 is 10.1 Å². The number of hydrogen-bond acceptors (Lipinski definition) is 2. The second kappa shape index (κ2) is 5.84. The Bertz CT molecular complexity index is 143. The van der Waals surface area contributed by atoms with E-state index >= 15 is 0 Å². The van der Waals surface area contributed by atoms with Crippen molar-refractivity contribution in [1.82, 2.24) is 5.32 Å². The van der Waals surface area contributed by atoms with E-state index in [1.807, 2.05) is 0 Å². The van der Waals surface area contributed by atoms with E-state index in [4.69, 9.17) is 16.3 Å². The van der Waals surface area contributed by atoms with E-state index in [1.54, 1.807) is 7.11 Å². The molecule has 3 atom stereocenters. The molecular weight excluding hydrogens is 186 g/mol. The number of alkyl halides is 1. The smallest absolute Gasteiger partial charge is 0.0613 e. The van der Waals surface area contributed by atoms with Gasteiger partial charge >= 0.3 is 0 Å². The van der Waals surface area contributed by atoms with Crippen LogP contribution in [0.4, 0.5) is 0 Å². The highest BCUT2D eigenvalue weighted by Crippen LogP contribution is 2.26.